The van der Waals surface area contributed by atoms with E-state index in [1.54, 1.807) is 37.4 Å². The lowest BCUT2D eigenvalue weighted by atomic mass is 10.2. The number of rotatable bonds is 4. The predicted octanol–water partition coefficient (Wildman–Crippen LogP) is 4.61. The van der Waals surface area contributed by atoms with Gasteiger partial charge in [-0.05, 0) is 61.7 Å². The molecule has 0 aliphatic heterocycles. The molecule has 2 N–H and O–H groups in total. The maximum Gasteiger partial charge on any atom is 0.180 e. The van der Waals surface area contributed by atoms with Gasteiger partial charge in [0.25, 0.3) is 0 Å². The zero-order valence-electron chi connectivity index (χ0n) is 10.6. The largest absolute Gasteiger partial charge is 0.497 e. The van der Waals surface area contributed by atoms with Crippen LogP contribution >= 0.6 is 31.9 Å². The van der Waals surface area contributed by atoms with Gasteiger partial charge in [0.1, 0.15) is 11.5 Å². The first-order valence-corrected chi connectivity index (χ1v) is 7.33. The highest BCUT2D eigenvalue weighted by molar-refractivity contribution is 9.10. The summed E-state index contributed by atoms with van der Waals surface area (Å²) in [6.07, 6.45) is 0. The summed E-state index contributed by atoms with van der Waals surface area (Å²) in [5.41, 5.74) is 6.20. The third-order valence-corrected chi connectivity index (χ3v) is 4.18. The summed E-state index contributed by atoms with van der Waals surface area (Å²) in [6.45, 7) is 0.254. The molecule has 0 heterocycles. The van der Waals surface area contributed by atoms with Gasteiger partial charge in [-0.2, -0.15) is 0 Å². The van der Waals surface area contributed by atoms with E-state index < -0.39 is 5.82 Å². The Hall–Kier alpha value is -1.11. The zero-order valence-corrected chi connectivity index (χ0v) is 13.8. The summed E-state index contributed by atoms with van der Waals surface area (Å²) in [5, 5.41) is 0. The molecule has 0 saturated heterocycles. The van der Waals surface area contributed by atoms with E-state index in [1.807, 2.05) is 0 Å². The molecule has 0 spiro atoms. The first-order chi connectivity index (χ1) is 9.56. The molecule has 0 aromatic heterocycles. The van der Waals surface area contributed by atoms with Gasteiger partial charge in [0, 0.05) is 6.54 Å². The molecule has 2 rings (SSSR count). The number of benzene rings is 2. The Labute approximate surface area is 133 Å². The second-order valence-electron chi connectivity index (χ2n) is 3.95. The van der Waals surface area contributed by atoms with Gasteiger partial charge in [-0.15, -0.1) is 0 Å². The van der Waals surface area contributed by atoms with Crippen molar-refractivity contribution in [3.8, 4) is 17.2 Å². The minimum atomic E-state index is -0.476. The fourth-order valence-corrected chi connectivity index (χ4v) is 2.55. The number of hydrogen-bond donors (Lipinski definition) is 1. The van der Waals surface area contributed by atoms with E-state index in [2.05, 4.69) is 31.9 Å². The molecule has 0 unspecified atom stereocenters. The highest BCUT2D eigenvalue weighted by Crippen LogP contribution is 2.36. The molecule has 106 valence electrons. The van der Waals surface area contributed by atoms with Crippen molar-refractivity contribution in [1.29, 1.82) is 0 Å². The Bertz CT molecular complexity index is 635. The third-order valence-electron chi connectivity index (χ3n) is 2.71. The number of nitrogens with two attached hydrogens (primary N) is 1. The van der Waals surface area contributed by atoms with Crippen molar-refractivity contribution in [1.82, 2.24) is 0 Å². The molecule has 3 nitrogen and oxygen atoms in total. The number of ether oxygens (including phenoxy) is 2. The van der Waals surface area contributed by atoms with Gasteiger partial charge in [-0.25, -0.2) is 4.39 Å². The first kappa shape index (κ1) is 15.3. The van der Waals surface area contributed by atoms with E-state index in [9.17, 15) is 4.39 Å². The fourth-order valence-electron chi connectivity index (χ4n) is 1.62. The monoisotopic (exact) mass is 403 g/mol. The van der Waals surface area contributed by atoms with Crippen LogP contribution in [-0.2, 0) is 6.54 Å². The van der Waals surface area contributed by atoms with E-state index >= 15 is 0 Å². The lowest BCUT2D eigenvalue weighted by molar-refractivity contribution is 0.410. The van der Waals surface area contributed by atoms with Crippen molar-refractivity contribution in [2.24, 2.45) is 5.73 Å². The zero-order chi connectivity index (χ0) is 14.7. The van der Waals surface area contributed by atoms with Gasteiger partial charge in [0.15, 0.2) is 11.6 Å². The molecule has 0 bridgehead atoms. The first-order valence-electron chi connectivity index (χ1n) is 5.75. The molecule has 0 amide bonds. The van der Waals surface area contributed by atoms with Gasteiger partial charge in [0.2, 0.25) is 0 Å². The minimum absolute atomic E-state index is 0.125. The van der Waals surface area contributed by atoms with Crippen LogP contribution in [0.5, 0.6) is 17.2 Å². The quantitative estimate of drug-likeness (QED) is 0.809. The summed E-state index contributed by atoms with van der Waals surface area (Å²) in [7, 11) is 1.57. The maximum absolute atomic E-state index is 14.1. The molecule has 2 aromatic rings. The highest BCUT2D eigenvalue weighted by Gasteiger charge is 2.13. The van der Waals surface area contributed by atoms with Gasteiger partial charge < -0.3 is 15.2 Å². The summed E-state index contributed by atoms with van der Waals surface area (Å²) in [4.78, 5) is 0. The van der Waals surface area contributed by atoms with Crippen LogP contribution in [0.4, 0.5) is 4.39 Å². The van der Waals surface area contributed by atoms with Crippen molar-refractivity contribution in [3.05, 3.63) is 50.7 Å². The number of halogens is 3. The average molecular weight is 405 g/mol. The van der Waals surface area contributed by atoms with Crippen LogP contribution in [-0.4, -0.2) is 7.11 Å². The Balaban J connectivity index is 2.33. The van der Waals surface area contributed by atoms with Crippen LogP contribution in [0.2, 0.25) is 0 Å². The van der Waals surface area contributed by atoms with Crippen molar-refractivity contribution in [2.75, 3.05) is 7.11 Å². The van der Waals surface area contributed by atoms with E-state index in [-0.39, 0.29) is 12.3 Å². The molecule has 0 fully saturated rings. The molecule has 0 aliphatic rings. The van der Waals surface area contributed by atoms with Crippen LogP contribution in [0.15, 0.2) is 39.3 Å². The smallest absolute Gasteiger partial charge is 0.180 e. The van der Waals surface area contributed by atoms with E-state index in [0.717, 1.165) is 0 Å². The summed E-state index contributed by atoms with van der Waals surface area (Å²) < 4.78 is 25.8. The molecule has 20 heavy (non-hydrogen) atoms. The van der Waals surface area contributed by atoms with Crippen molar-refractivity contribution >= 4 is 31.9 Å². The second kappa shape index (κ2) is 6.56. The average Bonchev–Trinajstić information content (AvgIpc) is 2.46. The van der Waals surface area contributed by atoms with Crippen molar-refractivity contribution in [2.45, 2.75) is 6.54 Å². The maximum atomic E-state index is 14.1. The molecule has 0 aliphatic carbocycles. The molecular formula is C14H12Br2FNO2. The van der Waals surface area contributed by atoms with Gasteiger partial charge in [-0.3, -0.25) is 0 Å². The standard InChI is InChI=1S/C14H12Br2FNO2/c1-19-9-3-5-11(10(15)6-9)20-12-4-2-8(7-18)13(16)14(12)17/h2-6H,7,18H2,1H3. The predicted molar refractivity (Wildman–Crippen MR) is 82.8 cm³/mol. The molecule has 0 saturated carbocycles. The number of methoxy groups -OCH3 is 1. The Kier molecular flexibility index (Phi) is 5.01. The molecule has 0 atom stereocenters. The van der Waals surface area contributed by atoms with E-state index in [4.69, 9.17) is 15.2 Å². The third kappa shape index (κ3) is 3.13. The van der Waals surface area contributed by atoms with E-state index in [1.165, 1.54) is 0 Å². The molecule has 2 aromatic carbocycles. The topological polar surface area (TPSA) is 44.5 Å². The van der Waals surface area contributed by atoms with Crippen LogP contribution in [0, 0.1) is 5.82 Å². The van der Waals surface area contributed by atoms with Crippen molar-refractivity contribution in [3.63, 3.8) is 0 Å². The summed E-state index contributed by atoms with van der Waals surface area (Å²) >= 11 is 6.54. The van der Waals surface area contributed by atoms with Crippen LogP contribution in [0.1, 0.15) is 5.56 Å². The lowest BCUT2D eigenvalue weighted by Gasteiger charge is -2.12. The number of hydrogen-bond acceptors (Lipinski definition) is 3. The molecule has 6 heteroatoms. The Morgan fingerprint density at radius 1 is 1.15 bits per heavy atom. The summed E-state index contributed by atoms with van der Waals surface area (Å²) in [6, 6.07) is 8.46. The van der Waals surface area contributed by atoms with Gasteiger partial charge in [0.05, 0.1) is 16.1 Å². The highest BCUT2D eigenvalue weighted by atomic mass is 79.9. The molecule has 0 radical (unpaired) electrons. The summed E-state index contributed by atoms with van der Waals surface area (Å²) in [5.74, 6) is 0.831. The van der Waals surface area contributed by atoms with Crippen LogP contribution in [0.25, 0.3) is 0 Å². The van der Waals surface area contributed by atoms with Gasteiger partial charge in [-0.1, -0.05) is 6.07 Å². The molecular weight excluding hydrogens is 393 g/mol. The second-order valence-corrected chi connectivity index (χ2v) is 5.60. The van der Waals surface area contributed by atoms with Gasteiger partial charge >= 0.3 is 0 Å². The fraction of sp³-hybridized carbons (Fsp3) is 0.143. The van der Waals surface area contributed by atoms with Crippen LogP contribution in [0.3, 0.4) is 0 Å². The minimum Gasteiger partial charge on any atom is -0.497 e. The Morgan fingerprint density at radius 2 is 1.85 bits per heavy atom. The van der Waals surface area contributed by atoms with Crippen molar-refractivity contribution < 1.29 is 13.9 Å². The SMILES string of the molecule is COc1ccc(Oc2ccc(CN)c(Br)c2F)c(Br)c1. The lowest BCUT2D eigenvalue weighted by Crippen LogP contribution is -2.00. The van der Waals surface area contributed by atoms with E-state index in [0.29, 0.717) is 26.0 Å². The normalized spacial score (nSPS) is 10.4. The van der Waals surface area contributed by atoms with Crippen LogP contribution < -0.4 is 15.2 Å². The Morgan fingerprint density at radius 3 is 2.45 bits per heavy atom.